The Labute approximate surface area is 88.8 Å². The van der Waals surface area contributed by atoms with Crippen LogP contribution in [-0.2, 0) is 11.3 Å². The average Bonchev–Trinajstić information content (AvgIpc) is 2.61. The molecule has 83 valence electrons. The van der Waals surface area contributed by atoms with Gasteiger partial charge in [0.15, 0.2) is 5.69 Å². The van der Waals surface area contributed by atoms with Gasteiger partial charge in [-0.2, -0.15) is 23.0 Å². The van der Waals surface area contributed by atoms with Crippen LogP contribution in [0.15, 0.2) is 36.4 Å². The summed E-state index contributed by atoms with van der Waals surface area (Å²) in [5, 5.41) is 14.5. The van der Waals surface area contributed by atoms with Crippen molar-refractivity contribution in [2.75, 3.05) is 0 Å². The predicted molar refractivity (Wildman–Crippen MR) is 48.7 cm³/mol. The first-order valence-electron chi connectivity index (χ1n) is 4.38. The first-order valence-corrected chi connectivity index (χ1v) is 4.38. The van der Waals surface area contributed by atoms with Crippen LogP contribution in [0, 0.1) is 0 Å². The zero-order chi connectivity index (χ0) is 11.8. The van der Waals surface area contributed by atoms with E-state index in [4.69, 9.17) is 0 Å². The Morgan fingerprint density at radius 1 is 1.12 bits per heavy atom. The average molecular weight is 227 g/mol. The molecule has 3 nitrogen and oxygen atoms in total. The standard InChI is InChI=1S/C10H6F3N2O/c11-10(12,13)8-6-9(16)15(14-8)7-4-2-1-3-5-7/h1-6H. The molecule has 0 fully saturated rings. The molecule has 0 bridgehead atoms. The highest BCUT2D eigenvalue weighted by molar-refractivity contribution is 5.35. The molecule has 2 aromatic rings. The van der Waals surface area contributed by atoms with Crippen molar-refractivity contribution in [3.63, 3.8) is 0 Å². The fourth-order valence-electron chi connectivity index (χ4n) is 1.26. The molecule has 0 spiro atoms. The molecule has 0 atom stereocenters. The largest absolute Gasteiger partial charge is 0.435 e. The summed E-state index contributed by atoms with van der Waals surface area (Å²) in [4.78, 5) is 0. The lowest BCUT2D eigenvalue weighted by Crippen LogP contribution is -2.07. The van der Waals surface area contributed by atoms with Crippen LogP contribution in [0.5, 0.6) is 5.88 Å². The summed E-state index contributed by atoms with van der Waals surface area (Å²) in [6, 6.07) is 8.42. The maximum absolute atomic E-state index is 12.3. The second kappa shape index (κ2) is 3.55. The number of hydrogen-bond donors (Lipinski definition) is 0. The van der Waals surface area contributed by atoms with Crippen LogP contribution in [-0.4, -0.2) is 9.78 Å². The van der Waals surface area contributed by atoms with Crippen LogP contribution < -0.4 is 0 Å². The van der Waals surface area contributed by atoms with Crippen molar-refractivity contribution < 1.29 is 18.3 Å². The Kier molecular flexibility index (Phi) is 2.34. The van der Waals surface area contributed by atoms with E-state index >= 15 is 0 Å². The van der Waals surface area contributed by atoms with Crippen LogP contribution >= 0.6 is 0 Å². The second-order valence-electron chi connectivity index (χ2n) is 3.11. The Morgan fingerprint density at radius 3 is 2.25 bits per heavy atom. The summed E-state index contributed by atoms with van der Waals surface area (Å²) in [6.07, 6.45) is -4.60. The molecule has 1 aromatic heterocycles. The molecule has 0 saturated carbocycles. The number of rotatable bonds is 1. The molecule has 16 heavy (non-hydrogen) atoms. The molecule has 0 saturated heterocycles. The van der Waals surface area contributed by atoms with E-state index in [1.165, 1.54) is 12.1 Å². The number of alkyl halides is 3. The Morgan fingerprint density at radius 2 is 1.75 bits per heavy atom. The third-order valence-electron chi connectivity index (χ3n) is 1.97. The second-order valence-corrected chi connectivity index (χ2v) is 3.11. The molecule has 0 amide bonds. The van der Waals surface area contributed by atoms with Gasteiger partial charge in [0.1, 0.15) is 0 Å². The van der Waals surface area contributed by atoms with Gasteiger partial charge in [0.05, 0.1) is 5.69 Å². The summed E-state index contributed by atoms with van der Waals surface area (Å²) < 4.78 is 37.6. The zero-order valence-electron chi connectivity index (χ0n) is 7.90. The zero-order valence-corrected chi connectivity index (χ0v) is 7.90. The summed E-state index contributed by atoms with van der Waals surface area (Å²) in [6.45, 7) is 0. The number of benzene rings is 1. The van der Waals surface area contributed by atoms with Crippen molar-refractivity contribution in [3.8, 4) is 11.6 Å². The van der Waals surface area contributed by atoms with E-state index in [0.29, 0.717) is 11.8 Å². The molecule has 0 aliphatic heterocycles. The van der Waals surface area contributed by atoms with Crippen LogP contribution in [0.3, 0.4) is 0 Å². The molecule has 2 rings (SSSR count). The minimum absolute atomic E-state index is 0.308. The lowest BCUT2D eigenvalue weighted by Gasteiger charge is -2.01. The minimum Gasteiger partial charge on any atom is -0.267 e. The summed E-state index contributed by atoms with van der Waals surface area (Å²) in [5.74, 6) is -0.793. The fraction of sp³-hybridized carbons (Fsp3) is 0.100. The van der Waals surface area contributed by atoms with Crippen LogP contribution in [0.2, 0.25) is 0 Å². The molecule has 6 heteroatoms. The predicted octanol–water partition coefficient (Wildman–Crippen LogP) is 3.03. The van der Waals surface area contributed by atoms with Gasteiger partial charge < -0.3 is 0 Å². The van der Waals surface area contributed by atoms with Crippen molar-refractivity contribution in [2.45, 2.75) is 6.18 Å². The summed E-state index contributed by atoms with van der Waals surface area (Å²) >= 11 is 0. The Hall–Kier alpha value is -1.98. The lowest BCUT2D eigenvalue weighted by molar-refractivity contribution is -0.141. The van der Waals surface area contributed by atoms with Gasteiger partial charge in [-0.3, -0.25) is 5.11 Å². The highest BCUT2D eigenvalue weighted by atomic mass is 19.4. The van der Waals surface area contributed by atoms with Gasteiger partial charge in [0.25, 0.3) is 5.88 Å². The van der Waals surface area contributed by atoms with Gasteiger partial charge >= 0.3 is 6.18 Å². The van der Waals surface area contributed by atoms with Crippen LogP contribution in [0.25, 0.3) is 5.69 Å². The number of aromatic nitrogens is 2. The van der Waals surface area contributed by atoms with Gasteiger partial charge in [-0.05, 0) is 12.1 Å². The normalized spacial score (nSPS) is 11.7. The molecule has 0 aliphatic carbocycles. The first kappa shape index (κ1) is 10.5. The highest BCUT2D eigenvalue weighted by Crippen LogP contribution is 2.31. The number of para-hydroxylation sites is 1. The quantitative estimate of drug-likeness (QED) is 0.737. The summed E-state index contributed by atoms with van der Waals surface area (Å²) in [7, 11) is 0. The lowest BCUT2D eigenvalue weighted by atomic mass is 10.3. The van der Waals surface area contributed by atoms with Gasteiger partial charge in [-0.1, -0.05) is 18.2 Å². The first-order chi connectivity index (χ1) is 7.48. The number of halogens is 3. The molecule has 0 N–H and O–H groups in total. The maximum Gasteiger partial charge on any atom is 0.435 e. The van der Waals surface area contributed by atoms with E-state index < -0.39 is 17.8 Å². The van der Waals surface area contributed by atoms with E-state index in [2.05, 4.69) is 5.10 Å². The molecule has 1 radical (unpaired) electrons. The molecule has 0 unspecified atom stereocenters. The third-order valence-corrected chi connectivity index (χ3v) is 1.97. The Balaban J connectivity index is 2.48. The van der Waals surface area contributed by atoms with Crippen molar-refractivity contribution in [1.82, 2.24) is 9.78 Å². The molecule has 1 aromatic carbocycles. The molecule has 1 heterocycles. The number of nitrogens with zero attached hydrogens (tertiary/aromatic N) is 2. The number of hydrogen-bond acceptors (Lipinski definition) is 1. The van der Waals surface area contributed by atoms with Crippen molar-refractivity contribution >= 4 is 0 Å². The topological polar surface area (TPSA) is 37.7 Å². The smallest absolute Gasteiger partial charge is 0.267 e. The van der Waals surface area contributed by atoms with Crippen molar-refractivity contribution in [3.05, 3.63) is 42.1 Å². The molecular formula is C10H6F3N2O. The van der Waals surface area contributed by atoms with E-state index in [-0.39, 0.29) is 0 Å². The van der Waals surface area contributed by atoms with Crippen LogP contribution in [0.1, 0.15) is 5.69 Å². The SMILES string of the molecule is [O]c1cc(C(F)(F)F)nn1-c1ccccc1. The van der Waals surface area contributed by atoms with Gasteiger partial charge in [-0.25, -0.2) is 0 Å². The van der Waals surface area contributed by atoms with Crippen LogP contribution in [0.4, 0.5) is 13.2 Å². The van der Waals surface area contributed by atoms with Gasteiger partial charge in [0.2, 0.25) is 0 Å². The molecular weight excluding hydrogens is 221 g/mol. The third kappa shape index (κ3) is 1.86. The van der Waals surface area contributed by atoms with Crippen molar-refractivity contribution in [2.24, 2.45) is 0 Å². The minimum atomic E-state index is -4.60. The fourth-order valence-corrected chi connectivity index (χ4v) is 1.26. The van der Waals surface area contributed by atoms with Gasteiger partial charge in [-0.15, -0.1) is 0 Å². The monoisotopic (exact) mass is 227 g/mol. The van der Waals surface area contributed by atoms with E-state index in [9.17, 15) is 18.3 Å². The van der Waals surface area contributed by atoms with E-state index in [1.807, 2.05) is 0 Å². The molecule has 0 aliphatic rings. The summed E-state index contributed by atoms with van der Waals surface area (Å²) in [5.41, 5.74) is -0.871. The van der Waals surface area contributed by atoms with Crippen molar-refractivity contribution in [1.29, 1.82) is 0 Å². The maximum atomic E-state index is 12.3. The van der Waals surface area contributed by atoms with Gasteiger partial charge in [0, 0.05) is 6.07 Å². The Bertz CT molecular complexity index is 491. The van der Waals surface area contributed by atoms with E-state index in [0.717, 1.165) is 4.68 Å². The highest BCUT2D eigenvalue weighted by Gasteiger charge is 2.35. The van der Waals surface area contributed by atoms with E-state index in [1.54, 1.807) is 18.2 Å².